The SMILES string of the molecule is Fc1cccc(CCN2CCCNC3(CCCCC3)C2)c1. The maximum atomic E-state index is 13.3. The van der Waals surface area contributed by atoms with Gasteiger partial charge in [-0.15, -0.1) is 0 Å². The van der Waals surface area contributed by atoms with Crippen molar-refractivity contribution in [2.75, 3.05) is 26.2 Å². The largest absolute Gasteiger partial charge is 0.310 e. The Morgan fingerprint density at radius 3 is 2.81 bits per heavy atom. The molecular weight excluding hydrogens is 263 g/mol. The number of nitrogens with zero attached hydrogens (tertiary/aromatic N) is 1. The van der Waals surface area contributed by atoms with Gasteiger partial charge in [-0.3, -0.25) is 0 Å². The molecule has 1 spiro atoms. The van der Waals surface area contributed by atoms with Crippen LogP contribution < -0.4 is 5.32 Å². The molecule has 1 saturated heterocycles. The Hall–Kier alpha value is -0.930. The predicted molar refractivity (Wildman–Crippen MR) is 85.0 cm³/mol. The van der Waals surface area contributed by atoms with Gasteiger partial charge in [-0.2, -0.15) is 0 Å². The zero-order valence-corrected chi connectivity index (χ0v) is 12.9. The Bertz CT molecular complexity index is 454. The monoisotopic (exact) mass is 290 g/mol. The first-order valence-electron chi connectivity index (χ1n) is 8.48. The Morgan fingerprint density at radius 1 is 1.14 bits per heavy atom. The summed E-state index contributed by atoms with van der Waals surface area (Å²) in [6.45, 7) is 4.54. The van der Waals surface area contributed by atoms with Crippen molar-refractivity contribution in [1.29, 1.82) is 0 Å². The van der Waals surface area contributed by atoms with E-state index in [4.69, 9.17) is 0 Å². The van der Waals surface area contributed by atoms with Crippen LogP contribution in [0.1, 0.15) is 44.1 Å². The van der Waals surface area contributed by atoms with E-state index in [1.807, 2.05) is 12.1 Å². The molecule has 0 aromatic heterocycles. The first-order valence-corrected chi connectivity index (χ1v) is 8.48. The summed E-state index contributed by atoms with van der Waals surface area (Å²) in [6, 6.07) is 7.05. The molecule has 116 valence electrons. The molecule has 3 rings (SSSR count). The Morgan fingerprint density at radius 2 is 2.00 bits per heavy atom. The summed E-state index contributed by atoms with van der Waals surface area (Å²) in [5.74, 6) is -0.117. The van der Waals surface area contributed by atoms with Crippen LogP contribution in [0.2, 0.25) is 0 Å². The van der Waals surface area contributed by atoms with Crippen molar-refractivity contribution in [3.05, 3.63) is 35.6 Å². The smallest absolute Gasteiger partial charge is 0.123 e. The maximum Gasteiger partial charge on any atom is 0.123 e. The molecule has 2 fully saturated rings. The van der Waals surface area contributed by atoms with Gasteiger partial charge in [-0.25, -0.2) is 4.39 Å². The van der Waals surface area contributed by atoms with Crippen molar-refractivity contribution in [1.82, 2.24) is 10.2 Å². The summed E-state index contributed by atoms with van der Waals surface area (Å²) in [4.78, 5) is 2.59. The molecule has 0 atom stereocenters. The lowest BCUT2D eigenvalue weighted by Gasteiger charge is -2.40. The van der Waals surface area contributed by atoms with Crippen LogP contribution in [-0.4, -0.2) is 36.6 Å². The third kappa shape index (κ3) is 4.04. The van der Waals surface area contributed by atoms with Crippen LogP contribution >= 0.6 is 0 Å². The average molecular weight is 290 g/mol. The number of benzene rings is 1. The van der Waals surface area contributed by atoms with Crippen LogP contribution in [0.4, 0.5) is 4.39 Å². The third-order valence-electron chi connectivity index (χ3n) is 5.09. The van der Waals surface area contributed by atoms with E-state index in [2.05, 4.69) is 10.2 Å². The van der Waals surface area contributed by atoms with Gasteiger partial charge in [-0.05, 0) is 56.5 Å². The minimum absolute atomic E-state index is 0.117. The van der Waals surface area contributed by atoms with Crippen LogP contribution in [-0.2, 0) is 6.42 Å². The van der Waals surface area contributed by atoms with Gasteiger partial charge in [0, 0.05) is 18.6 Å². The van der Waals surface area contributed by atoms with Crippen molar-refractivity contribution in [3.8, 4) is 0 Å². The molecule has 2 nitrogen and oxygen atoms in total. The van der Waals surface area contributed by atoms with E-state index >= 15 is 0 Å². The quantitative estimate of drug-likeness (QED) is 0.918. The molecule has 21 heavy (non-hydrogen) atoms. The van der Waals surface area contributed by atoms with Crippen molar-refractivity contribution in [2.45, 2.75) is 50.5 Å². The minimum atomic E-state index is -0.117. The first-order chi connectivity index (χ1) is 10.3. The van der Waals surface area contributed by atoms with Gasteiger partial charge in [0.05, 0.1) is 0 Å². The Labute approximate surface area is 127 Å². The lowest BCUT2D eigenvalue weighted by Crippen LogP contribution is -2.52. The molecule has 2 aliphatic rings. The molecule has 0 amide bonds. The van der Waals surface area contributed by atoms with Crippen molar-refractivity contribution in [2.24, 2.45) is 0 Å². The molecule has 3 heteroatoms. The van der Waals surface area contributed by atoms with Crippen molar-refractivity contribution in [3.63, 3.8) is 0 Å². The summed E-state index contributed by atoms with van der Waals surface area (Å²) in [7, 11) is 0. The molecule has 1 saturated carbocycles. The van der Waals surface area contributed by atoms with Gasteiger partial charge < -0.3 is 10.2 Å². The van der Waals surface area contributed by atoms with Crippen LogP contribution in [0.3, 0.4) is 0 Å². The molecule has 1 aliphatic carbocycles. The van der Waals surface area contributed by atoms with Gasteiger partial charge in [-0.1, -0.05) is 31.4 Å². The fourth-order valence-corrected chi connectivity index (χ4v) is 3.95. The van der Waals surface area contributed by atoms with E-state index < -0.39 is 0 Å². The van der Waals surface area contributed by atoms with Crippen molar-refractivity contribution >= 4 is 0 Å². The van der Waals surface area contributed by atoms with Crippen LogP contribution in [0.5, 0.6) is 0 Å². The Kier molecular flexibility index (Phi) is 4.91. The van der Waals surface area contributed by atoms with Crippen LogP contribution in [0.25, 0.3) is 0 Å². The first kappa shape index (κ1) is 15.0. The summed E-state index contributed by atoms with van der Waals surface area (Å²) in [5.41, 5.74) is 1.47. The van der Waals surface area contributed by atoms with Gasteiger partial charge in [0.25, 0.3) is 0 Å². The summed E-state index contributed by atoms with van der Waals surface area (Å²) in [5, 5.41) is 3.83. The molecule has 1 aliphatic heterocycles. The lowest BCUT2D eigenvalue weighted by atomic mass is 9.81. The average Bonchev–Trinajstić information content (AvgIpc) is 2.69. The highest BCUT2D eigenvalue weighted by Crippen LogP contribution is 2.30. The normalized spacial score (nSPS) is 23.1. The number of nitrogens with one attached hydrogen (secondary N) is 1. The van der Waals surface area contributed by atoms with Gasteiger partial charge in [0.2, 0.25) is 0 Å². The van der Waals surface area contributed by atoms with Crippen LogP contribution in [0, 0.1) is 5.82 Å². The highest BCUT2D eigenvalue weighted by molar-refractivity contribution is 5.16. The minimum Gasteiger partial charge on any atom is -0.310 e. The van der Waals surface area contributed by atoms with E-state index in [1.165, 1.54) is 57.7 Å². The van der Waals surface area contributed by atoms with E-state index in [-0.39, 0.29) is 5.82 Å². The van der Waals surface area contributed by atoms with E-state index in [0.29, 0.717) is 5.54 Å². The second-order valence-electron chi connectivity index (χ2n) is 6.78. The number of rotatable bonds is 3. The summed E-state index contributed by atoms with van der Waals surface area (Å²) >= 11 is 0. The fraction of sp³-hybridized carbons (Fsp3) is 0.667. The number of hydrogen-bond donors (Lipinski definition) is 1. The molecular formula is C18H27FN2. The highest BCUT2D eigenvalue weighted by Gasteiger charge is 2.34. The molecule has 0 unspecified atom stereocenters. The Balaban J connectivity index is 1.59. The van der Waals surface area contributed by atoms with Gasteiger partial charge in [0.1, 0.15) is 5.82 Å². The van der Waals surface area contributed by atoms with Gasteiger partial charge >= 0.3 is 0 Å². The second kappa shape index (κ2) is 6.89. The van der Waals surface area contributed by atoms with E-state index in [1.54, 1.807) is 6.07 Å². The second-order valence-corrected chi connectivity index (χ2v) is 6.78. The summed E-state index contributed by atoms with van der Waals surface area (Å²) < 4.78 is 13.3. The van der Waals surface area contributed by atoms with E-state index in [0.717, 1.165) is 25.1 Å². The zero-order chi connectivity index (χ0) is 14.5. The third-order valence-corrected chi connectivity index (χ3v) is 5.09. The summed E-state index contributed by atoms with van der Waals surface area (Å²) in [6.07, 6.45) is 8.95. The fourth-order valence-electron chi connectivity index (χ4n) is 3.95. The zero-order valence-electron chi connectivity index (χ0n) is 12.9. The molecule has 1 N–H and O–H groups in total. The standard InChI is InChI=1S/C18H27FN2/c19-17-7-4-6-16(14-17)8-13-21-12-5-11-20-18(15-21)9-2-1-3-10-18/h4,6-7,14,20H,1-3,5,8-13,15H2. The molecule has 1 heterocycles. The van der Waals surface area contributed by atoms with Crippen molar-refractivity contribution < 1.29 is 4.39 Å². The molecule has 1 aromatic carbocycles. The number of halogens is 1. The van der Waals surface area contributed by atoms with Crippen LogP contribution in [0.15, 0.2) is 24.3 Å². The topological polar surface area (TPSA) is 15.3 Å². The lowest BCUT2D eigenvalue weighted by molar-refractivity contribution is 0.165. The molecule has 1 aromatic rings. The molecule has 0 bridgehead atoms. The molecule has 0 radical (unpaired) electrons. The predicted octanol–water partition coefficient (Wildman–Crippen LogP) is 3.37. The maximum absolute atomic E-state index is 13.3. The highest BCUT2D eigenvalue weighted by atomic mass is 19.1. The van der Waals surface area contributed by atoms with Gasteiger partial charge in [0.15, 0.2) is 0 Å². The van der Waals surface area contributed by atoms with E-state index in [9.17, 15) is 4.39 Å². The number of hydrogen-bond acceptors (Lipinski definition) is 2.